The highest BCUT2D eigenvalue weighted by Gasteiger charge is 2.17. The van der Waals surface area contributed by atoms with Crippen LogP contribution in [0.4, 0.5) is 0 Å². The molecule has 0 unspecified atom stereocenters. The minimum atomic E-state index is 0.141. The zero-order valence-corrected chi connectivity index (χ0v) is 9.94. The molecule has 0 saturated carbocycles. The van der Waals surface area contributed by atoms with Gasteiger partial charge in [0.25, 0.3) is 0 Å². The van der Waals surface area contributed by atoms with Crippen molar-refractivity contribution in [2.24, 2.45) is 10.8 Å². The van der Waals surface area contributed by atoms with E-state index in [4.69, 9.17) is 34.3 Å². The quantitative estimate of drug-likeness (QED) is 0.592. The predicted molar refractivity (Wildman–Crippen MR) is 68.0 cm³/mol. The largest absolute Gasteiger partial charge is 0.492 e. The van der Waals surface area contributed by atoms with Crippen LogP contribution >= 0.6 is 23.8 Å². The predicted octanol–water partition coefficient (Wildman–Crippen LogP) is 1.66. The Morgan fingerprint density at radius 2 is 2.38 bits per heavy atom. The van der Waals surface area contributed by atoms with Crippen LogP contribution in [0.1, 0.15) is 12.0 Å². The summed E-state index contributed by atoms with van der Waals surface area (Å²) in [5.74, 6) is 0.777. The van der Waals surface area contributed by atoms with Crippen molar-refractivity contribution in [2.75, 3.05) is 6.61 Å². The van der Waals surface area contributed by atoms with E-state index in [1.165, 1.54) is 0 Å². The van der Waals surface area contributed by atoms with Crippen molar-refractivity contribution >= 4 is 34.6 Å². The Morgan fingerprint density at radius 1 is 1.56 bits per heavy atom. The number of benzene rings is 1. The number of rotatable bonds is 1. The number of ether oxygens (including phenoxy) is 1. The van der Waals surface area contributed by atoms with Crippen molar-refractivity contribution in [3.05, 3.63) is 28.8 Å². The number of thiocarbonyl (C=S) groups is 1. The van der Waals surface area contributed by atoms with Gasteiger partial charge in [0.2, 0.25) is 0 Å². The highest BCUT2D eigenvalue weighted by Crippen LogP contribution is 2.27. The van der Waals surface area contributed by atoms with Gasteiger partial charge in [-0.2, -0.15) is 5.10 Å². The zero-order chi connectivity index (χ0) is 11.5. The zero-order valence-electron chi connectivity index (χ0n) is 8.37. The summed E-state index contributed by atoms with van der Waals surface area (Å²) >= 11 is 10.6. The average Bonchev–Trinajstić information content (AvgIpc) is 2.26. The van der Waals surface area contributed by atoms with Crippen LogP contribution in [-0.4, -0.2) is 17.4 Å². The van der Waals surface area contributed by atoms with Gasteiger partial charge in [0, 0.05) is 17.0 Å². The molecule has 6 heteroatoms. The second-order valence-electron chi connectivity index (χ2n) is 3.27. The number of hydrogen-bond donors (Lipinski definition) is 2. The van der Waals surface area contributed by atoms with Crippen LogP contribution < -0.4 is 15.9 Å². The molecular weight excluding hydrogens is 246 g/mol. The summed E-state index contributed by atoms with van der Waals surface area (Å²) in [5.41, 5.74) is 9.61. The van der Waals surface area contributed by atoms with E-state index >= 15 is 0 Å². The van der Waals surface area contributed by atoms with Gasteiger partial charge in [-0.15, -0.1) is 0 Å². The van der Waals surface area contributed by atoms with E-state index in [2.05, 4.69) is 10.5 Å². The number of nitrogens with zero attached hydrogens (tertiary/aromatic N) is 1. The number of halogens is 1. The van der Waals surface area contributed by atoms with Gasteiger partial charge >= 0.3 is 0 Å². The smallest absolute Gasteiger partial charge is 0.184 e. The lowest BCUT2D eigenvalue weighted by Crippen LogP contribution is -2.27. The van der Waals surface area contributed by atoms with E-state index in [9.17, 15) is 0 Å². The van der Waals surface area contributed by atoms with Crippen LogP contribution in [0.3, 0.4) is 0 Å². The van der Waals surface area contributed by atoms with Crippen molar-refractivity contribution < 1.29 is 4.74 Å². The number of hydrogen-bond acceptors (Lipinski definition) is 3. The summed E-state index contributed by atoms with van der Waals surface area (Å²) in [4.78, 5) is 0. The lowest BCUT2D eigenvalue weighted by molar-refractivity contribution is 0.320. The number of nitrogens with one attached hydrogen (secondary N) is 1. The third-order valence-electron chi connectivity index (χ3n) is 2.15. The lowest BCUT2D eigenvalue weighted by atomic mass is 10.0. The summed E-state index contributed by atoms with van der Waals surface area (Å²) in [6.45, 7) is 0.590. The van der Waals surface area contributed by atoms with Gasteiger partial charge in [-0.1, -0.05) is 11.6 Å². The third-order valence-corrected chi connectivity index (χ3v) is 2.48. The molecule has 16 heavy (non-hydrogen) atoms. The van der Waals surface area contributed by atoms with E-state index in [1.807, 2.05) is 12.1 Å². The van der Waals surface area contributed by atoms with Crippen LogP contribution in [0.15, 0.2) is 23.3 Å². The fourth-order valence-electron chi connectivity index (χ4n) is 1.48. The molecule has 4 nitrogen and oxygen atoms in total. The number of nitrogens with two attached hydrogens (primary N) is 1. The minimum absolute atomic E-state index is 0.141. The molecule has 1 aromatic rings. The van der Waals surface area contributed by atoms with E-state index in [-0.39, 0.29) is 5.11 Å². The van der Waals surface area contributed by atoms with E-state index in [0.717, 1.165) is 17.0 Å². The molecule has 0 spiro atoms. The van der Waals surface area contributed by atoms with Crippen LogP contribution in [0, 0.1) is 0 Å². The van der Waals surface area contributed by atoms with Gasteiger partial charge in [-0.25, -0.2) is 0 Å². The maximum atomic E-state index is 5.92. The molecule has 1 aromatic carbocycles. The average molecular weight is 256 g/mol. The first-order valence-corrected chi connectivity index (χ1v) is 5.50. The molecule has 1 heterocycles. The normalized spacial score (nSPS) is 16.4. The van der Waals surface area contributed by atoms with Gasteiger partial charge in [-0.05, 0) is 30.4 Å². The van der Waals surface area contributed by atoms with Crippen LogP contribution in [0.2, 0.25) is 5.02 Å². The van der Waals surface area contributed by atoms with Gasteiger partial charge in [0.1, 0.15) is 5.75 Å². The molecular formula is C10H10ClN3OS. The van der Waals surface area contributed by atoms with Gasteiger partial charge in [0.05, 0.1) is 12.3 Å². The third kappa shape index (κ3) is 2.43. The molecule has 0 amide bonds. The molecule has 0 saturated heterocycles. The highest BCUT2D eigenvalue weighted by molar-refractivity contribution is 7.80. The molecule has 1 aliphatic rings. The second kappa shape index (κ2) is 4.67. The highest BCUT2D eigenvalue weighted by atomic mass is 35.5. The summed E-state index contributed by atoms with van der Waals surface area (Å²) in [5, 5.41) is 4.91. The SMILES string of the molecule is NC(=S)NN=C1CCOc2ccc(Cl)cc21. The van der Waals surface area contributed by atoms with Crippen molar-refractivity contribution in [1.29, 1.82) is 0 Å². The van der Waals surface area contributed by atoms with E-state index in [1.54, 1.807) is 6.07 Å². The summed E-state index contributed by atoms with van der Waals surface area (Å²) in [6.07, 6.45) is 0.697. The fourth-order valence-corrected chi connectivity index (χ4v) is 1.70. The molecule has 0 atom stereocenters. The Balaban J connectivity index is 2.35. The monoisotopic (exact) mass is 255 g/mol. The molecule has 0 aliphatic carbocycles. The molecule has 1 aliphatic heterocycles. The van der Waals surface area contributed by atoms with Crippen LogP contribution in [-0.2, 0) is 0 Å². The van der Waals surface area contributed by atoms with Gasteiger partial charge in [0.15, 0.2) is 5.11 Å². The van der Waals surface area contributed by atoms with E-state index in [0.29, 0.717) is 18.1 Å². The summed E-state index contributed by atoms with van der Waals surface area (Å²) < 4.78 is 5.48. The Kier molecular flexibility index (Phi) is 3.26. The summed E-state index contributed by atoms with van der Waals surface area (Å²) in [7, 11) is 0. The Morgan fingerprint density at radius 3 is 3.12 bits per heavy atom. The fraction of sp³-hybridized carbons (Fsp3) is 0.200. The maximum absolute atomic E-state index is 5.92. The second-order valence-corrected chi connectivity index (χ2v) is 4.15. The minimum Gasteiger partial charge on any atom is -0.492 e. The molecule has 84 valence electrons. The first-order valence-electron chi connectivity index (χ1n) is 4.71. The standard InChI is InChI=1S/C10H10ClN3OS/c11-6-1-2-9-7(5-6)8(3-4-15-9)13-14-10(12)16/h1-2,5H,3-4H2,(H3,12,14,16). The number of hydrazone groups is 1. The maximum Gasteiger partial charge on any atom is 0.184 e. The van der Waals surface area contributed by atoms with Gasteiger partial charge < -0.3 is 10.5 Å². The first kappa shape index (κ1) is 11.2. The molecule has 0 fully saturated rings. The Hall–Kier alpha value is -1.33. The van der Waals surface area contributed by atoms with E-state index < -0.39 is 0 Å². The Bertz CT molecular complexity index is 461. The number of fused-ring (bicyclic) bond motifs is 1. The topological polar surface area (TPSA) is 59.6 Å². The molecule has 2 rings (SSSR count). The Labute approximate surface area is 103 Å². The van der Waals surface area contributed by atoms with Crippen molar-refractivity contribution in [3.63, 3.8) is 0 Å². The first-order chi connectivity index (χ1) is 7.66. The van der Waals surface area contributed by atoms with Crippen LogP contribution in [0.25, 0.3) is 0 Å². The van der Waals surface area contributed by atoms with Crippen molar-refractivity contribution in [3.8, 4) is 5.75 Å². The van der Waals surface area contributed by atoms with Crippen LogP contribution in [0.5, 0.6) is 5.75 Å². The van der Waals surface area contributed by atoms with Gasteiger partial charge in [-0.3, -0.25) is 5.43 Å². The molecule has 0 aromatic heterocycles. The lowest BCUT2D eigenvalue weighted by Gasteiger charge is -2.19. The summed E-state index contributed by atoms with van der Waals surface area (Å²) in [6, 6.07) is 5.42. The van der Waals surface area contributed by atoms with Crippen molar-refractivity contribution in [2.45, 2.75) is 6.42 Å². The molecule has 0 radical (unpaired) electrons. The van der Waals surface area contributed by atoms with Crippen molar-refractivity contribution in [1.82, 2.24) is 5.43 Å². The molecule has 0 bridgehead atoms. The molecule has 3 N–H and O–H groups in total.